The van der Waals surface area contributed by atoms with Crippen molar-refractivity contribution in [2.45, 2.75) is 63.8 Å². The number of aryl methyl sites for hydroxylation is 1. The van der Waals surface area contributed by atoms with Gasteiger partial charge in [0.05, 0.1) is 10.7 Å². The maximum absolute atomic E-state index is 14.0. The summed E-state index contributed by atoms with van der Waals surface area (Å²) in [7, 11) is 2.16. The number of anilines is 2. The summed E-state index contributed by atoms with van der Waals surface area (Å²) in [5.74, 6) is -0.172. The lowest BCUT2D eigenvalue weighted by Crippen LogP contribution is -2.55. The molecule has 0 unspecified atom stereocenters. The number of rotatable bonds is 6. The van der Waals surface area contributed by atoms with E-state index in [2.05, 4.69) is 22.2 Å². The highest BCUT2D eigenvalue weighted by molar-refractivity contribution is 6.33. The van der Waals surface area contributed by atoms with Gasteiger partial charge in [-0.1, -0.05) is 35.9 Å². The molecule has 3 fully saturated rings. The predicted molar refractivity (Wildman–Crippen MR) is 179 cm³/mol. The van der Waals surface area contributed by atoms with Crippen molar-refractivity contribution in [3.63, 3.8) is 0 Å². The number of likely N-dealkylation sites (N-methyl/N-ethyl adjacent to an activating group) is 1. The normalized spacial score (nSPS) is 21.1. The van der Waals surface area contributed by atoms with Crippen molar-refractivity contribution in [2.75, 3.05) is 70.5 Å². The molecule has 0 spiro atoms. The number of para-hydroxylation sites is 1. The van der Waals surface area contributed by atoms with Crippen molar-refractivity contribution in [1.82, 2.24) is 24.5 Å². The summed E-state index contributed by atoms with van der Waals surface area (Å²) in [6.07, 6.45) is 1.82. The van der Waals surface area contributed by atoms with Crippen LogP contribution in [0, 0.1) is 6.92 Å². The molecule has 4 aliphatic rings. The number of piperidine rings is 2. The molecule has 248 valence electrons. The van der Waals surface area contributed by atoms with Gasteiger partial charge in [0.2, 0.25) is 0 Å². The molecule has 2 aromatic rings. The van der Waals surface area contributed by atoms with Crippen molar-refractivity contribution >= 4 is 41.0 Å². The van der Waals surface area contributed by atoms with Crippen LogP contribution in [-0.2, 0) is 22.5 Å². The molecule has 6 rings (SSSR count). The molecule has 0 aromatic heterocycles. The third-order valence-corrected chi connectivity index (χ3v) is 10.5. The highest BCUT2D eigenvalue weighted by Crippen LogP contribution is 2.29. The highest BCUT2D eigenvalue weighted by Gasteiger charge is 2.37. The van der Waals surface area contributed by atoms with Crippen LogP contribution >= 0.6 is 11.6 Å². The van der Waals surface area contributed by atoms with E-state index in [4.69, 9.17) is 22.1 Å². The number of nitrogen functional groups attached to an aromatic ring is 1. The van der Waals surface area contributed by atoms with Gasteiger partial charge >= 0.3 is 12.1 Å². The van der Waals surface area contributed by atoms with Crippen LogP contribution in [0.15, 0.2) is 36.4 Å². The first-order chi connectivity index (χ1) is 22.2. The van der Waals surface area contributed by atoms with E-state index in [1.54, 1.807) is 11.0 Å². The van der Waals surface area contributed by atoms with Gasteiger partial charge in [-0.2, -0.15) is 0 Å². The summed E-state index contributed by atoms with van der Waals surface area (Å²) in [5.41, 5.74) is 10.1. The minimum absolute atomic E-state index is 0.0105. The number of nitrogens with two attached hydrogens (primary N) is 1. The third kappa shape index (κ3) is 7.21. The fourth-order valence-electron chi connectivity index (χ4n) is 7.25. The van der Waals surface area contributed by atoms with Crippen LogP contribution in [0.3, 0.4) is 0 Å². The van der Waals surface area contributed by atoms with E-state index in [-0.39, 0.29) is 24.4 Å². The minimum Gasteiger partial charge on any atom is -0.436 e. The topological polar surface area (TPSA) is 115 Å². The number of piperazine rings is 1. The van der Waals surface area contributed by atoms with Crippen LogP contribution in [0.5, 0.6) is 0 Å². The first-order valence-corrected chi connectivity index (χ1v) is 16.9. The Kier molecular flexibility index (Phi) is 9.91. The smallest absolute Gasteiger partial charge is 0.410 e. The number of carbonyl (C=O) groups is 3. The van der Waals surface area contributed by atoms with Crippen LogP contribution in [0.2, 0.25) is 5.02 Å². The predicted octanol–water partition coefficient (Wildman–Crippen LogP) is 4.03. The first-order valence-electron chi connectivity index (χ1n) is 16.5. The molecule has 2 aromatic carbocycles. The Bertz CT molecular complexity index is 1410. The number of hydrogen-bond acceptors (Lipinski definition) is 7. The van der Waals surface area contributed by atoms with Gasteiger partial charge in [0.25, 0.3) is 5.91 Å². The summed E-state index contributed by atoms with van der Waals surface area (Å²) >= 11 is 6.40. The second-order valence-electron chi connectivity index (χ2n) is 13.2. The van der Waals surface area contributed by atoms with E-state index in [0.29, 0.717) is 62.3 Å². The number of likely N-dealkylation sites (tertiary alicyclic amines) is 2. The lowest BCUT2D eigenvalue weighted by Gasteiger charge is -2.42. The van der Waals surface area contributed by atoms with Crippen LogP contribution < -0.4 is 11.1 Å². The van der Waals surface area contributed by atoms with Gasteiger partial charge < -0.3 is 35.4 Å². The van der Waals surface area contributed by atoms with Gasteiger partial charge in [0.1, 0.15) is 0 Å². The molecule has 3 saturated heterocycles. The first kappa shape index (κ1) is 32.4. The zero-order chi connectivity index (χ0) is 32.4. The van der Waals surface area contributed by atoms with Crippen molar-refractivity contribution < 1.29 is 19.1 Å². The number of benzene rings is 2. The molecule has 0 aliphatic carbocycles. The lowest BCUT2D eigenvalue weighted by molar-refractivity contribution is -0.142. The van der Waals surface area contributed by atoms with Crippen molar-refractivity contribution in [3.05, 3.63) is 58.1 Å². The number of hydrogen-bond donors (Lipinski definition) is 2. The number of carbonyl (C=O) groups excluding carboxylic acids is 3. The molecular weight excluding hydrogens is 606 g/mol. The summed E-state index contributed by atoms with van der Waals surface area (Å²) in [5, 5.41) is 3.41. The number of ether oxygens (including phenoxy) is 1. The molecular formula is C34H46ClN7O4. The fourth-order valence-corrected chi connectivity index (χ4v) is 7.54. The molecule has 4 heterocycles. The van der Waals surface area contributed by atoms with Crippen LogP contribution in [-0.4, -0.2) is 120 Å². The quantitative estimate of drug-likeness (QED) is 0.454. The zero-order valence-electron chi connectivity index (χ0n) is 26.9. The zero-order valence-corrected chi connectivity index (χ0v) is 27.7. The van der Waals surface area contributed by atoms with E-state index in [1.807, 2.05) is 47.1 Å². The van der Waals surface area contributed by atoms with Gasteiger partial charge in [-0.3, -0.25) is 9.69 Å². The Morgan fingerprint density at radius 3 is 2.30 bits per heavy atom. The molecule has 0 saturated carbocycles. The number of nitrogens with one attached hydrogen (secondary N) is 1. The molecule has 1 atom stereocenters. The molecule has 4 aliphatic heterocycles. The summed E-state index contributed by atoms with van der Waals surface area (Å²) in [6.45, 7) is 8.82. The van der Waals surface area contributed by atoms with Crippen LogP contribution in [0.25, 0.3) is 0 Å². The van der Waals surface area contributed by atoms with Crippen LogP contribution in [0.1, 0.15) is 42.4 Å². The average molecular weight is 652 g/mol. The Morgan fingerprint density at radius 2 is 1.61 bits per heavy atom. The Hall–Kier alpha value is -3.54. The van der Waals surface area contributed by atoms with Crippen LogP contribution in [0.4, 0.5) is 21.0 Å². The van der Waals surface area contributed by atoms with Crippen molar-refractivity contribution in [1.29, 1.82) is 0 Å². The number of fused-ring (bicyclic) bond motifs is 1. The number of halogens is 1. The molecule has 3 N–H and O–H groups in total. The number of urea groups is 1. The number of amides is 4. The van der Waals surface area contributed by atoms with E-state index in [0.717, 1.165) is 61.4 Å². The van der Waals surface area contributed by atoms with Gasteiger partial charge in [-0.05, 0) is 68.5 Å². The monoisotopic (exact) mass is 651 g/mol. The Labute approximate surface area is 276 Å². The highest BCUT2D eigenvalue weighted by atomic mass is 35.5. The van der Waals surface area contributed by atoms with E-state index >= 15 is 0 Å². The molecule has 12 heteroatoms. The van der Waals surface area contributed by atoms with Gasteiger partial charge in [-0.25, -0.2) is 9.59 Å². The van der Waals surface area contributed by atoms with Crippen molar-refractivity contribution in [2.24, 2.45) is 0 Å². The second-order valence-corrected chi connectivity index (χ2v) is 13.6. The second kappa shape index (κ2) is 14.1. The number of nitrogens with zero attached hydrogens (tertiary/aromatic N) is 5. The minimum atomic E-state index is -0.978. The molecule has 4 amide bonds. The van der Waals surface area contributed by atoms with E-state index < -0.39 is 12.2 Å². The maximum Gasteiger partial charge on any atom is 0.410 e. The van der Waals surface area contributed by atoms with Crippen molar-refractivity contribution in [3.8, 4) is 0 Å². The molecule has 0 radical (unpaired) electrons. The fraction of sp³-hybridized carbons (Fsp3) is 0.559. The Balaban J connectivity index is 1.09. The maximum atomic E-state index is 14.0. The van der Waals surface area contributed by atoms with Gasteiger partial charge in [0, 0.05) is 83.1 Å². The van der Waals surface area contributed by atoms with E-state index in [9.17, 15) is 14.4 Å². The average Bonchev–Trinajstić information content (AvgIpc) is 3.06. The van der Waals surface area contributed by atoms with Gasteiger partial charge in [-0.15, -0.1) is 0 Å². The van der Waals surface area contributed by atoms with Gasteiger partial charge in [0.15, 0.2) is 6.10 Å². The summed E-state index contributed by atoms with van der Waals surface area (Å²) in [4.78, 5) is 50.7. The standard InChI is InChI=1S/C34H46ClN7O4/c1-23-19-24(20-28(35)31(23)36)21-30(32(43)40-11-7-26(8-12-40)39-17-15-38(2)16-18-39)46-34(45)41-13-9-27(10-14-41)42-22-25-5-3-4-6-29(25)37-33(42)44/h3-6,19-20,26-27,30H,7-18,21-22,36H2,1-2H3,(H,37,44)/t30-/m1/s1. The molecule has 46 heavy (non-hydrogen) atoms. The SMILES string of the molecule is Cc1cc(C[C@@H](OC(=O)N2CCC(N3Cc4ccccc4NC3=O)CC2)C(=O)N2CCC(N3CCN(C)CC3)CC2)cc(Cl)c1N. The molecule has 0 bridgehead atoms. The largest absolute Gasteiger partial charge is 0.436 e. The summed E-state index contributed by atoms with van der Waals surface area (Å²) < 4.78 is 6.03. The third-order valence-electron chi connectivity index (χ3n) is 10.2. The van der Waals surface area contributed by atoms with E-state index in [1.165, 1.54) is 0 Å². The summed E-state index contributed by atoms with van der Waals surface area (Å²) in [6, 6.07) is 11.8. The molecule has 11 nitrogen and oxygen atoms in total. The Morgan fingerprint density at radius 1 is 0.957 bits per heavy atom. The lowest BCUT2D eigenvalue weighted by atomic mass is 9.99.